The van der Waals surface area contributed by atoms with Gasteiger partial charge in [-0.05, 0) is 39.2 Å². The first-order valence-corrected chi connectivity index (χ1v) is 9.13. The van der Waals surface area contributed by atoms with Crippen LogP contribution in [0.1, 0.15) is 32.5 Å². The minimum atomic E-state index is 0.134. The van der Waals surface area contributed by atoms with Crippen molar-refractivity contribution in [3.63, 3.8) is 0 Å². The second kappa shape index (κ2) is 7.66. The summed E-state index contributed by atoms with van der Waals surface area (Å²) in [5.41, 5.74) is 0. The summed E-state index contributed by atoms with van der Waals surface area (Å²) in [5.74, 6) is 1.98. The molecule has 0 bridgehead atoms. The fourth-order valence-corrected chi connectivity index (χ4v) is 3.99. The molecule has 1 aromatic heterocycles. The van der Waals surface area contributed by atoms with E-state index >= 15 is 0 Å². The lowest BCUT2D eigenvalue weighted by molar-refractivity contribution is -0.144. The molecule has 24 heavy (non-hydrogen) atoms. The summed E-state index contributed by atoms with van der Waals surface area (Å²) in [7, 11) is 2.05. The van der Waals surface area contributed by atoms with Crippen LogP contribution in [0.25, 0.3) is 0 Å². The van der Waals surface area contributed by atoms with Crippen molar-refractivity contribution in [2.24, 2.45) is 13.0 Å². The lowest BCUT2D eigenvalue weighted by atomic mass is 9.94. The van der Waals surface area contributed by atoms with Gasteiger partial charge in [0.05, 0.1) is 18.8 Å². The Balaban J connectivity index is 1.51. The molecule has 0 N–H and O–H groups in total. The van der Waals surface area contributed by atoms with E-state index in [0.29, 0.717) is 25.6 Å². The van der Waals surface area contributed by atoms with E-state index in [9.17, 15) is 4.79 Å². The Hall–Kier alpha value is -1.40. The number of aromatic nitrogens is 2. The predicted octanol–water partition coefficient (Wildman–Crippen LogP) is 1.31. The summed E-state index contributed by atoms with van der Waals surface area (Å²) in [4.78, 5) is 21.4. The third-order valence-electron chi connectivity index (χ3n) is 5.13. The third kappa shape index (κ3) is 4.36. The number of nitrogens with zero attached hydrogens (tertiary/aromatic N) is 4. The minimum Gasteiger partial charge on any atom is -0.372 e. The molecule has 0 aliphatic carbocycles. The van der Waals surface area contributed by atoms with Gasteiger partial charge in [0.25, 0.3) is 0 Å². The van der Waals surface area contributed by atoms with Gasteiger partial charge in [0, 0.05) is 45.5 Å². The minimum absolute atomic E-state index is 0.134. The first kappa shape index (κ1) is 17.4. The van der Waals surface area contributed by atoms with Crippen molar-refractivity contribution in [1.29, 1.82) is 0 Å². The molecule has 0 saturated carbocycles. The Morgan fingerprint density at radius 1 is 1.29 bits per heavy atom. The Morgan fingerprint density at radius 2 is 2.04 bits per heavy atom. The summed E-state index contributed by atoms with van der Waals surface area (Å²) in [6, 6.07) is 0. The van der Waals surface area contributed by atoms with Crippen molar-refractivity contribution < 1.29 is 9.53 Å². The number of imidazole rings is 1. The van der Waals surface area contributed by atoms with Crippen LogP contribution in [0.2, 0.25) is 0 Å². The number of piperidine rings is 1. The highest BCUT2D eigenvalue weighted by Crippen LogP contribution is 2.20. The van der Waals surface area contributed by atoms with Crippen LogP contribution in [-0.2, 0) is 23.0 Å². The Morgan fingerprint density at radius 3 is 2.71 bits per heavy atom. The maximum Gasteiger partial charge on any atom is 0.236 e. The zero-order valence-electron chi connectivity index (χ0n) is 15.1. The lowest BCUT2D eigenvalue weighted by Gasteiger charge is -2.38. The number of rotatable bonds is 4. The highest BCUT2D eigenvalue weighted by atomic mass is 16.5. The van der Waals surface area contributed by atoms with Crippen LogP contribution in [0.3, 0.4) is 0 Å². The number of likely N-dealkylation sites (tertiary alicyclic amines) is 1. The molecule has 6 nitrogen and oxygen atoms in total. The van der Waals surface area contributed by atoms with E-state index in [1.165, 1.54) is 6.42 Å². The van der Waals surface area contributed by atoms with Gasteiger partial charge in [-0.1, -0.05) is 0 Å². The predicted molar refractivity (Wildman–Crippen MR) is 92.7 cm³/mol. The smallest absolute Gasteiger partial charge is 0.236 e. The molecular weight excluding hydrogens is 304 g/mol. The number of carbonyl (C=O) groups excluding carboxylic acids is 1. The van der Waals surface area contributed by atoms with Gasteiger partial charge >= 0.3 is 0 Å². The average Bonchev–Trinajstić information content (AvgIpc) is 2.92. The highest BCUT2D eigenvalue weighted by molar-refractivity contribution is 5.78. The third-order valence-corrected chi connectivity index (χ3v) is 5.13. The monoisotopic (exact) mass is 334 g/mol. The van der Waals surface area contributed by atoms with Crippen molar-refractivity contribution in [1.82, 2.24) is 19.4 Å². The molecule has 1 aromatic rings. The number of amides is 1. The van der Waals surface area contributed by atoms with E-state index in [4.69, 9.17) is 4.74 Å². The number of hydrogen-bond donors (Lipinski definition) is 0. The van der Waals surface area contributed by atoms with Crippen molar-refractivity contribution >= 4 is 5.91 Å². The average molecular weight is 334 g/mol. The maximum absolute atomic E-state index is 12.6. The standard InChI is InChI=1S/C18H30N4O2/c1-14-10-22(11-15(2)24-14)18(23)13-21-7-4-5-16(12-21)9-17-19-6-8-20(17)3/h6,8,14-16H,4-5,7,9-13H2,1-3H3/t14-,15-,16+/m1/s1. The van der Waals surface area contributed by atoms with Crippen molar-refractivity contribution in [2.45, 2.75) is 45.3 Å². The summed E-state index contributed by atoms with van der Waals surface area (Å²) in [5, 5.41) is 0. The number of ether oxygens (including phenoxy) is 1. The van der Waals surface area contributed by atoms with Gasteiger partial charge in [-0.3, -0.25) is 9.69 Å². The molecule has 2 aliphatic heterocycles. The Bertz CT molecular complexity index is 549. The second-order valence-corrected chi connectivity index (χ2v) is 7.46. The Kier molecular flexibility index (Phi) is 5.56. The van der Waals surface area contributed by atoms with E-state index in [2.05, 4.69) is 14.5 Å². The fraction of sp³-hybridized carbons (Fsp3) is 0.778. The van der Waals surface area contributed by atoms with E-state index in [1.807, 2.05) is 38.2 Å². The number of carbonyl (C=O) groups is 1. The van der Waals surface area contributed by atoms with Crippen LogP contribution in [0, 0.1) is 5.92 Å². The molecule has 1 amide bonds. The van der Waals surface area contributed by atoms with Gasteiger partial charge in [0.1, 0.15) is 5.82 Å². The van der Waals surface area contributed by atoms with Crippen LogP contribution >= 0.6 is 0 Å². The quantitative estimate of drug-likeness (QED) is 0.833. The molecule has 3 rings (SSSR count). The van der Waals surface area contributed by atoms with Crippen molar-refractivity contribution in [3.05, 3.63) is 18.2 Å². The molecule has 0 radical (unpaired) electrons. The molecular formula is C18H30N4O2. The zero-order valence-corrected chi connectivity index (χ0v) is 15.1. The van der Waals surface area contributed by atoms with Gasteiger partial charge in [-0.15, -0.1) is 0 Å². The topological polar surface area (TPSA) is 50.6 Å². The lowest BCUT2D eigenvalue weighted by Crippen LogP contribution is -2.52. The number of hydrogen-bond acceptors (Lipinski definition) is 4. The van der Waals surface area contributed by atoms with Gasteiger partial charge in [0.2, 0.25) is 5.91 Å². The van der Waals surface area contributed by atoms with Crippen LogP contribution < -0.4 is 0 Å². The number of aryl methyl sites for hydroxylation is 1. The summed E-state index contributed by atoms with van der Waals surface area (Å²) < 4.78 is 7.82. The molecule has 6 heteroatoms. The molecule has 3 atom stereocenters. The molecule has 2 fully saturated rings. The summed E-state index contributed by atoms with van der Waals surface area (Å²) in [6.45, 7) is 8.07. The molecule has 0 aromatic carbocycles. The van der Waals surface area contributed by atoms with Crippen LogP contribution in [0.15, 0.2) is 12.4 Å². The van der Waals surface area contributed by atoms with Crippen molar-refractivity contribution in [3.8, 4) is 0 Å². The van der Waals surface area contributed by atoms with Gasteiger partial charge in [-0.25, -0.2) is 4.98 Å². The molecule has 2 saturated heterocycles. The zero-order chi connectivity index (χ0) is 17.1. The van der Waals surface area contributed by atoms with Crippen LogP contribution in [0.4, 0.5) is 0 Å². The molecule has 0 unspecified atom stereocenters. The molecule has 2 aliphatic rings. The summed E-state index contributed by atoms with van der Waals surface area (Å²) >= 11 is 0. The first-order chi connectivity index (χ1) is 11.5. The van der Waals surface area contributed by atoms with Crippen molar-refractivity contribution in [2.75, 3.05) is 32.7 Å². The SMILES string of the molecule is C[C@@H]1CN(C(=O)CN2CCC[C@@H](Cc3nccn3C)C2)C[C@@H](C)O1. The number of morpholine rings is 1. The second-order valence-electron chi connectivity index (χ2n) is 7.46. The van der Waals surface area contributed by atoms with Gasteiger partial charge < -0.3 is 14.2 Å². The maximum atomic E-state index is 12.6. The van der Waals surface area contributed by atoms with Gasteiger partial charge in [0.15, 0.2) is 0 Å². The molecule has 134 valence electrons. The normalized spacial score (nSPS) is 29.0. The fourth-order valence-electron chi connectivity index (χ4n) is 3.99. The van der Waals surface area contributed by atoms with E-state index in [0.717, 1.165) is 31.8 Å². The highest BCUT2D eigenvalue weighted by Gasteiger charge is 2.28. The first-order valence-electron chi connectivity index (χ1n) is 9.13. The summed E-state index contributed by atoms with van der Waals surface area (Å²) in [6.07, 6.45) is 7.52. The van der Waals surface area contributed by atoms with E-state index in [1.54, 1.807) is 0 Å². The van der Waals surface area contributed by atoms with Crippen LogP contribution in [-0.4, -0.2) is 70.2 Å². The van der Waals surface area contributed by atoms with E-state index < -0.39 is 0 Å². The van der Waals surface area contributed by atoms with Gasteiger partial charge in [-0.2, -0.15) is 0 Å². The Labute approximate surface area is 144 Å². The van der Waals surface area contributed by atoms with Crippen LogP contribution in [0.5, 0.6) is 0 Å². The largest absolute Gasteiger partial charge is 0.372 e. The molecule has 3 heterocycles. The van der Waals surface area contributed by atoms with E-state index in [-0.39, 0.29) is 18.1 Å². The molecule has 0 spiro atoms.